The van der Waals surface area contributed by atoms with Gasteiger partial charge >= 0.3 is 0 Å². The van der Waals surface area contributed by atoms with Crippen LogP contribution in [0.5, 0.6) is 0 Å². The lowest BCUT2D eigenvalue weighted by Gasteiger charge is -2.05. The quantitative estimate of drug-likeness (QED) is 0.572. The molecule has 0 aliphatic heterocycles. The Hall–Kier alpha value is -0.610. The topological polar surface area (TPSA) is 12.9 Å². The lowest BCUT2D eigenvalue weighted by molar-refractivity contribution is 1.27. The van der Waals surface area contributed by atoms with Gasteiger partial charge in [-0.1, -0.05) is 41.9 Å². The van der Waals surface area contributed by atoms with E-state index in [0.29, 0.717) is 0 Å². The van der Waals surface area contributed by atoms with Crippen LogP contribution in [0.4, 0.5) is 0 Å². The van der Waals surface area contributed by atoms with Gasteiger partial charge in [-0.25, -0.2) is 4.98 Å². The third kappa shape index (κ3) is 1.91. The number of nitrogens with zero attached hydrogens (tertiary/aromatic N) is 1. The zero-order valence-electron chi connectivity index (χ0n) is 7.24. The SMILES string of the molecule is Clc1ccnc(I)c1-c1ccccc1. The van der Waals surface area contributed by atoms with E-state index in [4.69, 9.17) is 11.6 Å². The Morgan fingerprint density at radius 2 is 1.79 bits per heavy atom. The fourth-order valence-corrected chi connectivity index (χ4v) is 2.45. The van der Waals surface area contributed by atoms with Crippen LogP contribution in [0.3, 0.4) is 0 Å². The van der Waals surface area contributed by atoms with Crippen molar-refractivity contribution in [2.45, 2.75) is 0 Å². The highest BCUT2D eigenvalue weighted by molar-refractivity contribution is 14.1. The highest BCUT2D eigenvalue weighted by Gasteiger charge is 2.07. The van der Waals surface area contributed by atoms with Crippen LogP contribution in [0, 0.1) is 3.70 Å². The number of hydrogen-bond acceptors (Lipinski definition) is 1. The first-order chi connectivity index (χ1) is 6.79. The molecule has 0 atom stereocenters. The Bertz CT molecular complexity index is 422. The molecule has 0 amide bonds. The van der Waals surface area contributed by atoms with Crippen LogP contribution in [-0.4, -0.2) is 4.98 Å². The van der Waals surface area contributed by atoms with Crippen molar-refractivity contribution in [2.24, 2.45) is 0 Å². The molecule has 3 heteroatoms. The average Bonchev–Trinajstić information content (AvgIpc) is 2.19. The maximum absolute atomic E-state index is 6.12. The van der Waals surface area contributed by atoms with Crippen LogP contribution in [0.15, 0.2) is 42.6 Å². The van der Waals surface area contributed by atoms with Gasteiger partial charge in [-0.05, 0) is 34.2 Å². The van der Waals surface area contributed by atoms with E-state index in [1.807, 2.05) is 36.4 Å². The minimum atomic E-state index is 0.746. The van der Waals surface area contributed by atoms with Crippen molar-refractivity contribution in [2.75, 3.05) is 0 Å². The van der Waals surface area contributed by atoms with Crippen molar-refractivity contribution < 1.29 is 0 Å². The molecule has 14 heavy (non-hydrogen) atoms. The molecule has 1 aromatic carbocycles. The van der Waals surface area contributed by atoms with Gasteiger partial charge in [0.2, 0.25) is 0 Å². The minimum Gasteiger partial charge on any atom is -0.250 e. The van der Waals surface area contributed by atoms with Gasteiger partial charge in [-0.15, -0.1) is 0 Å². The van der Waals surface area contributed by atoms with Crippen LogP contribution in [-0.2, 0) is 0 Å². The Morgan fingerprint density at radius 3 is 2.43 bits per heavy atom. The molecular formula is C11H7ClIN. The van der Waals surface area contributed by atoms with Crippen molar-refractivity contribution in [3.05, 3.63) is 51.3 Å². The second kappa shape index (κ2) is 4.28. The van der Waals surface area contributed by atoms with Crippen molar-refractivity contribution in [3.8, 4) is 11.1 Å². The Balaban J connectivity index is 2.63. The number of benzene rings is 1. The van der Waals surface area contributed by atoms with Crippen LogP contribution in [0.25, 0.3) is 11.1 Å². The van der Waals surface area contributed by atoms with Gasteiger partial charge in [0.05, 0.1) is 5.02 Å². The molecule has 0 aliphatic carbocycles. The standard InChI is InChI=1S/C11H7ClIN/c12-9-6-7-14-11(13)10(9)8-4-2-1-3-5-8/h1-7H. The molecule has 2 rings (SSSR count). The lowest BCUT2D eigenvalue weighted by atomic mass is 10.1. The second-order valence-corrected chi connectivity index (χ2v) is 4.25. The van der Waals surface area contributed by atoms with Crippen LogP contribution in [0.2, 0.25) is 5.02 Å². The first-order valence-corrected chi connectivity index (χ1v) is 5.60. The fourth-order valence-electron chi connectivity index (χ4n) is 1.28. The molecule has 0 bridgehead atoms. The van der Waals surface area contributed by atoms with E-state index < -0.39 is 0 Å². The molecule has 0 aliphatic rings. The van der Waals surface area contributed by atoms with E-state index in [0.717, 1.165) is 19.9 Å². The first kappa shape index (κ1) is 9.93. The van der Waals surface area contributed by atoms with Crippen molar-refractivity contribution >= 4 is 34.2 Å². The van der Waals surface area contributed by atoms with E-state index in [9.17, 15) is 0 Å². The molecule has 70 valence electrons. The fraction of sp³-hybridized carbons (Fsp3) is 0. The van der Waals surface area contributed by atoms with Gasteiger partial charge in [0.1, 0.15) is 3.70 Å². The number of pyridine rings is 1. The molecular weight excluding hydrogens is 308 g/mol. The maximum Gasteiger partial charge on any atom is 0.110 e. The zero-order chi connectivity index (χ0) is 9.97. The largest absolute Gasteiger partial charge is 0.250 e. The molecule has 1 heterocycles. The summed E-state index contributed by atoms with van der Waals surface area (Å²) in [6, 6.07) is 11.9. The van der Waals surface area contributed by atoms with Gasteiger partial charge < -0.3 is 0 Å². The summed E-state index contributed by atoms with van der Waals surface area (Å²) in [4.78, 5) is 4.22. The summed E-state index contributed by atoms with van der Waals surface area (Å²) in [5.41, 5.74) is 2.12. The highest BCUT2D eigenvalue weighted by Crippen LogP contribution is 2.30. The van der Waals surface area contributed by atoms with E-state index >= 15 is 0 Å². The molecule has 0 unspecified atom stereocenters. The molecule has 0 N–H and O–H groups in total. The summed E-state index contributed by atoms with van der Waals surface area (Å²) in [5, 5.41) is 0.746. The summed E-state index contributed by atoms with van der Waals surface area (Å²) >= 11 is 8.31. The van der Waals surface area contributed by atoms with Crippen molar-refractivity contribution in [1.29, 1.82) is 0 Å². The summed E-state index contributed by atoms with van der Waals surface area (Å²) in [5.74, 6) is 0. The smallest absolute Gasteiger partial charge is 0.110 e. The normalized spacial score (nSPS) is 10.1. The molecule has 0 saturated heterocycles. The summed E-state index contributed by atoms with van der Waals surface area (Å²) in [6.07, 6.45) is 1.72. The van der Waals surface area contributed by atoms with E-state index in [-0.39, 0.29) is 0 Å². The number of rotatable bonds is 1. The third-order valence-corrected chi connectivity index (χ3v) is 3.05. The van der Waals surface area contributed by atoms with Crippen LogP contribution >= 0.6 is 34.2 Å². The minimum absolute atomic E-state index is 0.746. The highest BCUT2D eigenvalue weighted by atomic mass is 127. The molecule has 1 nitrogen and oxygen atoms in total. The van der Waals surface area contributed by atoms with Crippen LogP contribution in [0.1, 0.15) is 0 Å². The average molecular weight is 316 g/mol. The molecule has 0 saturated carbocycles. The predicted octanol–water partition coefficient (Wildman–Crippen LogP) is 4.01. The Labute approximate surface area is 101 Å². The van der Waals surface area contributed by atoms with E-state index in [2.05, 4.69) is 27.6 Å². The first-order valence-electron chi connectivity index (χ1n) is 4.14. The van der Waals surface area contributed by atoms with E-state index in [1.165, 1.54) is 0 Å². The summed E-state index contributed by atoms with van der Waals surface area (Å²) in [7, 11) is 0. The van der Waals surface area contributed by atoms with Gasteiger partial charge in [0.15, 0.2) is 0 Å². The summed E-state index contributed by atoms with van der Waals surface area (Å²) < 4.78 is 0.932. The number of hydrogen-bond donors (Lipinski definition) is 0. The van der Waals surface area contributed by atoms with E-state index in [1.54, 1.807) is 6.20 Å². The lowest BCUT2D eigenvalue weighted by Crippen LogP contribution is -1.87. The van der Waals surface area contributed by atoms with Gasteiger partial charge in [-0.2, -0.15) is 0 Å². The number of aromatic nitrogens is 1. The Kier molecular flexibility index (Phi) is 3.03. The monoisotopic (exact) mass is 315 g/mol. The van der Waals surface area contributed by atoms with Gasteiger partial charge in [0, 0.05) is 11.8 Å². The zero-order valence-corrected chi connectivity index (χ0v) is 10.2. The van der Waals surface area contributed by atoms with Gasteiger partial charge in [0.25, 0.3) is 0 Å². The Morgan fingerprint density at radius 1 is 1.07 bits per heavy atom. The summed E-state index contributed by atoms with van der Waals surface area (Å²) in [6.45, 7) is 0. The predicted molar refractivity (Wildman–Crippen MR) is 67.4 cm³/mol. The molecule has 0 fully saturated rings. The second-order valence-electron chi connectivity index (χ2n) is 2.82. The molecule has 1 aromatic heterocycles. The van der Waals surface area contributed by atoms with Crippen molar-refractivity contribution in [3.63, 3.8) is 0 Å². The van der Waals surface area contributed by atoms with Crippen molar-refractivity contribution in [1.82, 2.24) is 4.98 Å². The maximum atomic E-state index is 6.12. The van der Waals surface area contributed by atoms with Gasteiger partial charge in [-0.3, -0.25) is 0 Å². The number of halogens is 2. The molecule has 0 spiro atoms. The molecule has 2 aromatic rings. The molecule has 0 radical (unpaired) electrons. The van der Waals surface area contributed by atoms with Crippen LogP contribution < -0.4 is 0 Å². The third-order valence-electron chi connectivity index (χ3n) is 1.92.